The molecule has 0 radical (unpaired) electrons. The molecule has 7 heteroatoms. The Hall–Kier alpha value is -3.45. The van der Waals surface area contributed by atoms with Gasteiger partial charge in [0, 0.05) is 11.1 Å². The molecule has 0 aliphatic carbocycles. The lowest BCUT2D eigenvalue weighted by molar-refractivity contribution is 0.401. The minimum atomic E-state index is -0.255. The van der Waals surface area contributed by atoms with Gasteiger partial charge in [0.05, 0.1) is 17.8 Å². The van der Waals surface area contributed by atoms with Gasteiger partial charge in [-0.2, -0.15) is 0 Å². The highest BCUT2D eigenvalue weighted by Gasteiger charge is 2.13. The first kappa shape index (κ1) is 18.9. The third kappa shape index (κ3) is 4.05. The Morgan fingerprint density at radius 1 is 0.862 bits per heavy atom. The molecule has 0 saturated carbocycles. The number of phenolic OH excluding ortho intramolecular Hbond substituents is 2. The number of ether oxygens (including phenoxy) is 2. The van der Waals surface area contributed by atoms with Crippen LogP contribution in [0.5, 0.6) is 28.7 Å². The Kier molecular flexibility index (Phi) is 5.14. The van der Waals surface area contributed by atoms with Gasteiger partial charge in [-0.25, -0.2) is 4.98 Å². The van der Waals surface area contributed by atoms with Crippen LogP contribution in [-0.4, -0.2) is 22.3 Å². The fraction of sp³-hybridized carbons (Fsp3) is 0.0455. The van der Waals surface area contributed by atoms with E-state index in [1.54, 1.807) is 19.4 Å². The number of hydrogen-bond donors (Lipinski definition) is 2. The van der Waals surface area contributed by atoms with Crippen LogP contribution in [0.4, 0.5) is 0 Å². The molecule has 146 valence electrons. The van der Waals surface area contributed by atoms with Crippen molar-refractivity contribution in [3.63, 3.8) is 0 Å². The van der Waals surface area contributed by atoms with Crippen molar-refractivity contribution >= 4 is 15.9 Å². The van der Waals surface area contributed by atoms with E-state index in [9.17, 15) is 10.2 Å². The minimum absolute atomic E-state index is 0.229. The second-order valence-electron chi connectivity index (χ2n) is 6.16. The summed E-state index contributed by atoms with van der Waals surface area (Å²) in [4.78, 5) is 4.26. The quantitative estimate of drug-likeness (QED) is 0.361. The molecule has 1 aromatic heterocycles. The third-order valence-corrected chi connectivity index (χ3v) is 4.83. The molecule has 2 N–H and O–H groups in total. The maximum absolute atomic E-state index is 9.78. The molecule has 0 saturated heterocycles. The largest absolute Gasteiger partial charge is 0.504 e. The molecule has 4 rings (SSSR count). The van der Waals surface area contributed by atoms with Crippen LogP contribution in [0.2, 0.25) is 0 Å². The van der Waals surface area contributed by atoms with Crippen LogP contribution in [0.15, 0.2) is 75.8 Å². The van der Waals surface area contributed by atoms with Gasteiger partial charge in [-0.1, -0.05) is 0 Å². The van der Waals surface area contributed by atoms with Gasteiger partial charge in [-0.05, 0) is 76.6 Å². The number of nitrogens with zero attached hydrogens (tertiary/aromatic N) is 1. The number of benzene rings is 3. The fourth-order valence-electron chi connectivity index (χ4n) is 2.72. The summed E-state index contributed by atoms with van der Waals surface area (Å²) in [5.41, 5.74) is 1.37. The zero-order chi connectivity index (χ0) is 20.4. The molecule has 0 aliphatic heterocycles. The number of oxazole rings is 1. The highest BCUT2D eigenvalue weighted by atomic mass is 79.9. The number of methoxy groups -OCH3 is 1. The third-order valence-electron chi connectivity index (χ3n) is 4.23. The predicted molar refractivity (Wildman–Crippen MR) is 111 cm³/mol. The van der Waals surface area contributed by atoms with E-state index in [1.165, 1.54) is 6.07 Å². The van der Waals surface area contributed by atoms with Crippen LogP contribution in [0, 0.1) is 0 Å². The summed E-state index contributed by atoms with van der Waals surface area (Å²) in [5.74, 6) is 2.57. The monoisotopic (exact) mass is 453 g/mol. The Labute approximate surface area is 175 Å². The molecule has 1 heterocycles. The van der Waals surface area contributed by atoms with Gasteiger partial charge in [-0.15, -0.1) is 0 Å². The van der Waals surface area contributed by atoms with Gasteiger partial charge in [0.2, 0.25) is 5.89 Å². The number of rotatable bonds is 5. The van der Waals surface area contributed by atoms with Crippen molar-refractivity contribution in [2.75, 3.05) is 7.11 Å². The fourth-order valence-corrected chi connectivity index (χ4v) is 3.17. The second-order valence-corrected chi connectivity index (χ2v) is 7.01. The standard InChI is InChI=1S/C22H16BrNO5/c1-27-15-6-8-17(9-7-15)28-16-4-2-13(3-5-16)20-12-24-22(29-20)14-10-18(23)21(26)19(25)11-14/h2-12,25-26H,1H3. The topological polar surface area (TPSA) is 85.0 Å². The van der Waals surface area contributed by atoms with Gasteiger partial charge >= 0.3 is 0 Å². The maximum atomic E-state index is 9.78. The Morgan fingerprint density at radius 2 is 1.48 bits per heavy atom. The molecule has 3 aromatic carbocycles. The molecule has 0 spiro atoms. The van der Waals surface area contributed by atoms with Gasteiger partial charge in [0.25, 0.3) is 0 Å². The highest BCUT2D eigenvalue weighted by molar-refractivity contribution is 9.10. The molecule has 0 aliphatic rings. The summed E-state index contributed by atoms with van der Waals surface area (Å²) < 4.78 is 17.1. The van der Waals surface area contributed by atoms with Crippen molar-refractivity contribution in [3.8, 4) is 51.5 Å². The second kappa shape index (κ2) is 7.89. The Bertz CT molecular complexity index is 1110. The van der Waals surface area contributed by atoms with Gasteiger partial charge in [-0.3, -0.25) is 0 Å². The van der Waals surface area contributed by atoms with E-state index in [0.29, 0.717) is 33.2 Å². The van der Waals surface area contributed by atoms with E-state index < -0.39 is 0 Å². The van der Waals surface area contributed by atoms with E-state index >= 15 is 0 Å². The van der Waals surface area contributed by atoms with Crippen molar-refractivity contribution in [1.29, 1.82) is 0 Å². The molecule has 0 amide bonds. The van der Waals surface area contributed by atoms with Crippen LogP contribution in [0.1, 0.15) is 0 Å². The lowest BCUT2D eigenvalue weighted by Gasteiger charge is -2.07. The number of hydrogen-bond acceptors (Lipinski definition) is 6. The molecular weight excluding hydrogens is 438 g/mol. The zero-order valence-corrected chi connectivity index (χ0v) is 16.9. The summed E-state index contributed by atoms with van der Waals surface area (Å²) in [7, 11) is 1.62. The number of aromatic hydroxyl groups is 2. The number of halogens is 1. The van der Waals surface area contributed by atoms with Crippen molar-refractivity contribution in [3.05, 3.63) is 71.3 Å². The zero-order valence-electron chi connectivity index (χ0n) is 15.3. The average Bonchev–Trinajstić information content (AvgIpc) is 3.23. The molecule has 0 fully saturated rings. The predicted octanol–water partition coefficient (Wildman–Crippen LogP) is 5.98. The molecule has 0 atom stereocenters. The first-order valence-electron chi connectivity index (χ1n) is 8.63. The molecule has 29 heavy (non-hydrogen) atoms. The molecule has 0 unspecified atom stereocenters. The normalized spacial score (nSPS) is 10.7. The number of aromatic nitrogens is 1. The molecular formula is C22H16BrNO5. The van der Waals surface area contributed by atoms with Crippen LogP contribution < -0.4 is 9.47 Å². The lowest BCUT2D eigenvalue weighted by Crippen LogP contribution is -1.85. The summed E-state index contributed by atoms with van der Waals surface area (Å²) in [5, 5.41) is 19.4. The summed E-state index contributed by atoms with van der Waals surface area (Å²) in [6.45, 7) is 0. The van der Waals surface area contributed by atoms with Crippen LogP contribution in [0.3, 0.4) is 0 Å². The summed E-state index contributed by atoms with van der Waals surface area (Å²) >= 11 is 3.19. The minimum Gasteiger partial charge on any atom is -0.504 e. The van der Waals surface area contributed by atoms with E-state index in [0.717, 1.165) is 11.3 Å². The van der Waals surface area contributed by atoms with Crippen LogP contribution in [-0.2, 0) is 0 Å². The average molecular weight is 454 g/mol. The van der Waals surface area contributed by atoms with Gasteiger partial charge < -0.3 is 24.1 Å². The van der Waals surface area contributed by atoms with Crippen LogP contribution >= 0.6 is 15.9 Å². The summed E-state index contributed by atoms with van der Waals surface area (Å²) in [6.07, 6.45) is 1.60. The van der Waals surface area contributed by atoms with E-state index in [-0.39, 0.29) is 11.5 Å². The van der Waals surface area contributed by atoms with Crippen LogP contribution in [0.25, 0.3) is 22.8 Å². The van der Waals surface area contributed by atoms with Crippen molar-refractivity contribution in [1.82, 2.24) is 4.98 Å². The Morgan fingerprint density at radius 3 is 2.10 bits per heavy atom. The lowest BCUT2D eigenvalue weighted by atomic mass is 10.2. The van der Waals surface area contributed by atoms with Crippen molar-refractivity contribution < 1.29 is 24.1 Å². The molecule has 6 nitrogen and oxygen atoms in total. The SMILES string of the molecule is COc1ccc(Oc2ccc(-c3cnc(-c4cc(O)c(O)c(Br)c4)o3)cc2)cc1. The van der Waals surface area contributed by atoms with Crippen molar-refractivity contribution in [2.24, 2.45) is 0 Å². The van der Waals surface area contributed by atoms with E-state index in [4.69, 9.17) is 13.9 Å². The van der Waals surface area contributed by atoms with Gasteiger partial charge in [0.15, 0.2) is 17.3 Å². The maximum Gasteiger partial charge on any atom is 0.226 e. The van der Waals surface area contributed by atoms with Gasteiger partial charge in [0.1, 0.15) is 17.2 Å². The molecule has 0 bridgehead atoms. The van der Waals surface area contributed by atoms with E-state index in [1.807, 2.05) is 48.5 Å². The van der Waals surface area contributed by atoms with E-state index in [2.05, 4.69) is 20.9 Å². The van der Waals surface area contributed by atoms with Crippen molar-refractivity contribution in [2.45, 2.75) is 0 Å². The highest BCUT2D eigenvalue weighted by Crippen LogP contribution is 2.38. The smallest absolute Gasteiger partial charge is 0.226 e. The molecule has 4 aromatic rings. The first-order chi connectivity index (χ1) is 14.0. The first-order valence-corrected chi connectivity index (χ1v) is 9.43. The summed E-state index contributed by atoms with van der Waals surface area (Å²) in [6, 6.07) is 17.8. The number of phenols is 2. The Balaban J connectivity index is 1.52.